The van der Waals surface area contributed by atoms with Crippen LogP contribution in [0.4, 0.5) is 0 Å². The summed E-state index contributed by atoms with van der Waals surface area (Å²) >= 11 is 0. The largest absolute Gasteiger partial charge is 0.472 e. The molecule has 0 saturated carbocycles. The van der Waals surface area contributed by atoms with Gasteiger partial charge in [0.1, 0.15) is 19.3 Å². The fraction of sp³-hybridized carbons (Fsp3) is 0.746. The van der Waals surface area contributed by atoms with E-state index >= 15 is 0 Å². The van der Waals surface area contributed by atoms with Crippen LogP contribution >= 0.6 is 7.82 Å². The third-order valence-electron chi connectivity index (χ3n) is 12.8. The Bertz CT molecular complexity index is 1530. The second-order valence-corrected chi connectivity index (χ2v) is 22.6. The van der Waals surface area contributed by atoms with Crippen molar-refractivity contribution in [3.8, 4) is 0 Å². The summed E-state index contributed by atoms with van der Waals surface area (Å²) in [6.45, 7) is 6.92. The number of hydrogen-bond acceptors (Lipinski definition) is 6. The van der Waals surface area contributed by atoms with Gasteiger partial charge in [-0.25, -0.2) is 4.57 Å². The number of phosphoric acid groups is 1. The van der Waals surface area contributed by atoms with Crippen LogP contribution in [0.5, 0.6) is 0 Å². The molecule has 3 atom stereocenters. The van der Waals surface area contributed by atoms with Gasteiger partial charge in [-0.3, -0.25) is 18.6 Å². The summed E-state index contributed by atoms with van der Waals surface area (Å²) in [5.41, 5.74) is 0. The molecule has 0 aliphatic heterocycles. The predicted octanol–water partition coefficient (Wildman–Crippen LogP) is 18.2. The van der Waals surface area contributed by atoms with Crippen LogP contribution < -0.4 is 5.32 Å². The molecule has 0 bridgehead atoms. The number of allylic oxidation sites excluding steroid dienone is 13. The lowest BCUT2D eigenvalue weighted by Crippen LogP contribution is -2.47. The van der Waals surface area contributed by atoms with Gasteiger partial charge in [-0.1, -0.05) is 228 Å². The molecule has 2 N–H and O–H groups in total. The summed E-state index contributed by atoms with van der Waals surface area (Å²) in [5.74, 6) is -0.606. The Kier molecular flexibility index (Phi) is 50.6. The zero-order chi connectivity index (χ0) is 53.6. The predicted molar refractivity (Wildman–Crippen MR) is 314 cm³/mol. The number of carbonyl (C=O) groups is 2. The average molecular weight is 1040 g/mol. The van der Waals surface area contributed by atoms with E-state index in [9.17, 15) is 19.0 Å². The molecule has 10 heteroatoms. The first-order valence-corrected chi connectivity index (χ1v) is 31.4. The first-order valence-electron chi connectivity index (χ1n) is 29.9. The zero-order valence-electron chi connectivity index (χ0n) is 48.1. The molecule has 0 aromatic carbocycles. The Balaban J connectivity index is 5.39. The molecule has 0 aromatic rings. The van der Waals surface area contributed by atoms with Gasteiger partial charge in [0.15, 0.2) is 0 Å². The highest BCUT2D eigenvalue weighted by Crippen LogP contribution is 2.43. The van der Waals surface area contributed by atoms with Crippen molar-refractivity contribution in [3.05, 3.63) is 85.1 Å². The van der Waals surface area contributed by atoms with Crippen molar-refractivity contribution in [1.82, 2.24) is 5.32 Å². The minimum Gasteiger partial charge on any atom is -0.456 e. The highest BCUT2D eigenvalue weighted by Gasteiger charge is 2.30. The highest BCUT2D eigenvalue weighted by atomic mass is 31.2. The normalized spacial score (nSPS) is 14.3. The lowest BCUT2D eigenvalue weighted by molar-refractivity contribution is -0.870. The SMILES string of the molecule is CCCCC/C=C\C/C=C\C/C=C\C/C=C\CCCCCCCC(=O)NC(COP(=O)(O)OCC[N+](C)(C)C)C(/C=C\CCCCCCCCCCCCC)OC(=O)CC/C=C/C/C=C\CCCCCCCC. The van der Waals surface area contributed by atoms with Gasteiger partial charge in [0.2, 0.25) is 5.91 Å². The van der Waals surface area contributed by atoms with E-state index in [0.717, 1.165) is 89.9 Å². The van der Waals surface area contributed by atoms with Crippen molar-refractivity contribution in [3.63, 3.8) is 0 Å². The number of unbranched alkanes of at least 4 members (excludes halogenated alkanes) is 25. The minimum absolute atomic E-state index is 0.0254. The maximum atomic E-state index is 13.5. The van der Waals surface area contributed by atoms with E-state index in [1.54, 1.807) is 0 Å². The zero-order valence-corrected chi connectivity index (χ0v) is 49.0. The summed E-state index contributed by atoms with van der Waals surface area (Å²) in [7, 11) is 1.45. The molecule has 0 spiro atoms. The molecule has 3 unspecified atom stereocenters. The molecule has 0 aliphatic carbocycles. The van der Waals surface area contributed by atoms with Crippen LogP contribution in [-0.4, -0.2) is 74.3 Å². The maximum absolute atomic E-state index is 13.5. The van der Waals surface area contributed by atoms with Crippen molar-refractivity contribution in [2.45, 2.75) is 264 Å². The number of esters is 1. The molecule has 0 radical (unpaired) electrons. The molecule has 422 valence electrons. The van der Waals surface area contributed by atoms with Crippen LogP contribution in [0.15, 0.2) is 85.1 Å². The van der Waals surface area contributed by atoms with Gasteiger partial charge in [-0.15, -0.1) is 0 Å². The second kappa shape index (κ2) is 52.6. The van der Waals surface area contributed by atoms with Gasteiger partial charge >= 0.3 is 13.8 Å². The molecule has 73 heavy (non-hydrogen) atoms. The van der Waals surface area contributed by atoms with Crippen LogP contribution in [0.3, 0.4) is 0 Å². The van der Waals surface area contributed by atoms with Gasteiger partial charge in [-0.05, 0) is 96.0 Å². The Morgan fingerprint density at radius 2 is 0.849 bits per heavy atom. The molecule has 0 aromatic heterocycles. The number of carbonyl (C=O) groups excluding carboxylic acids is 2. The van der Waals surface area contributed by atoms with Crippen molar-refractivity contribution in [2.75, 3.05) is 40.9 Å². The van der Waals surface area contributed by atoms with E-state index < -0.39 is 25.9 Å². The Hall–Kier alpha value is -2.81. The number of ether oxygens (including phenoxy) is 1. The Labute approximate surface area is 450 Å². The van der Waals surface area contributed by atoms with Gasteiger partial charge in [-0.2, -0.15) is 0 Å². The van der Waals surface area contributed by atoms with E-state index in [1.165, 1.54) is 122 Å². The highest BCUT2D eigenvalue weighted by molar-refractivity contribution is 7.47. The average Bonchev–Trinajstić information content (AvgIpc) is 3.35. The van der Waals surface area contributed by atoms with Crippen LogP contribution in [0.1, 0.15) is 252 Å². The molecule has 0 fully saturated rings. The number of rotatable bonds is 53. The van der Waals surface area contributed by atoms with Crippen LogP contribution in [0.25, 0.3) is 0 Å². The molecule has 9 nitrogen and oxygen atoms in total. The topological polar surface area (TPSA) is 111 Å². The van der Waals surface area contributed by atoms with Crippen LogP contribution in [0, 0.1) is 0 Å². The lowest BCUT2D eigenvalue weighted by Gasteiger charge is -2.27. The number of nitrogens with one attached hydrogen (secondary N) is 1. The smallest absolute Gasteiger partial charge is 0.456 e. The fourth-order valence-electron chi connectivity index (χ4n) is 8.15. The van der Waals surface area contributed by atoms with Gasteiger partial charge in [0.05, 0.1) is 33.8 Å². The maximum Gasteiger partial charge on any atom is 0.472 e. The third-order valence-corrected chi connectivity index (χ3v) is 13.8. The minimum atomic E-state index is -4.47. The first kappa shape index (κ1) is 70.2. The number of phosphoric ester groups is 1. The summed E-state index contributed by atoms with van der Waals surface area (Å²) < 4.78 is 30.6. The quantitative estimate of drug-likeness (QED) is 0.0205. The summed E-state index contributed by atoms with van der Waals surface area (Å²) in [4.78, 5) is 37.6. The molecule has 0 heterocycles. The number of hydrogen-bond donors (Lipinski definition) is 2. The van der Waals surface area contributed by atoms with E-state index in [0.29, 0.717) is 23.9 Å². The third kappa shape index (κ3) is 53.8. The molecular weight excluding hydrogens is 928 g/mol. The Morgan fingerprint density at radius 1 is 0.479 bits per heavy atom. The Morgan fingerprint density at radius 3 is 1.30 bits per heavy atom. The second-order valence-electron chi connectivity index (χ2n) is 21.2. The number of likely N-dealkylation sites (N-methyl/N-ethyl adjacent to an activating group) is 1. The van der Waals surface area contributed by atoms with Crippen LogP contribution in [0.2, 0.25) is 0 Å². The first-order chi connectivity index (χ1) is 35.4. The molecule has 0 saturated heterocycles. The summed E-state index contributed by atoms with van der Waals surface area (Å²) in [5, 5.41) is 3.03. The number of nitrogens with zero attached hydrogens (tertiary/aromatic N) is 1. The van der Waals surface area contributed by atoms with Gasteiger partial charge in [0.25, 0.3) is 0 Å². The standard InChI is InChI=1S/C63H113N2O7P/c1-7-10-13-16-19-22-25-28-29-30-31-32-33-34-35-38-40-43-46-49-52-55-62(66)64-60(59-71-73(68,69)70-58-57-65(4,5)6)61(54-51-48-45-42-39-36-26-23-20-17-14-11-8-2)72-63(67)56-53-50-47-44-41-37-27-24-21-18-15-12-9-3/h19,22,28-29,31-32,34-35,37,41,47,50-51,54,60-61H,7-18,20-21,23-27,30,33,36,38-40,42-46,48-49,52-53,55-59H2,1-6H3,(H-,64,66,68,69)/p+1/b22-19-,29-28-,32-31-,35-34-,41-37-,50-47+,54-51-. The number of amides is 1. The molecule has 1 amide bonds. The number of quaternary nitrogens is 1. The van der Waals surface area contributed by atoms with Gasteiger partial charge < -0.3 is 19.4 Å². The van der Waals surface area contributed by atoms with Crippen molar-refractivity contribution < 1.29 is 37.3 Å². The van der Waals surface area contributed by atoms with Crippen molar-refractivity contribution >= 4 is 19.7 Å². The van der Waals surface area contributed by atoms with Crippen molar-refractivity contribution in [2.24, 2.45) is 0 Å². The van der Waals surface area contributed by atoms with Crippen molar-refractivity contribution in [1.29, 1.82) is 0 Å². The van der Waals surface area contributed by atoms with Crippen LogP contribution in [-0.2, 0) is 27.9 Å². The van der Waals surface area contributed by atoms with Gasteiger partial charge in [0, 0.05) is 12.8 Å². The molecule has 0 rings (SSSR count). The summed E-state index contributed by atoms with van der Waals surface area (Å²) in [6.07, 6.45) is 68.8. The lowest BCUT2D eigenvalue weighted by atomic mass is 10.0. The van der Waals surface area contributed by atoms with E-state index in [4.69, 9.17) is 13.8 Å². The van der Waals surface area contributed by atoms with E-state index in [1.807, 2.05) is 39.4 Å². The molecule has 0 aliphatic rings. The fourth-order valence-corrected chi connectivity index (χ4v) is 8.89. The summed E-state index contributed by atoms with van der Waals surface area (Å²) in [6, 6.07) is -0.884. The molecular formula is C63H114N2O7P+. The monoisotopic (exact) mass is 1040 g/mol. The van der Waals surface area contributed by atoms with E-state index in [2.05, 4.69) is 92.9 Å². The van der Waals surface area contributed by atoms with E-state index in [-0.39, 0.29) is 25.5 Å².